The summed E-state index contributed by atoms with van der Waals surface area (Å²) in [6.07, 6.45) is -3.82. The summed E-state index contributed by atoms with van der Waals surface area (Å²) in [4.78, 5) is 15.9. The normalized spacial score (nSPS) is 16.3. The second kappa shape index (κ2) is 9.43. The highest BCUT2D eigenvalue weighted by Crippen LogP contribution is 2.38. The molecule has 36 heavy (non-hydrogen) atoms. The lowest BCUT2D eigenvalue weighted by Gasteiger charge is -2.37. The minimum Gasteiger partial charge on any atom is -0.461 e. The summed E-state index contributed by atoms with van der Waals surface area (Å²) in [6, 6.07) is 2.35. The van der Waals surface area contributed by atoms with Crippen molar-refractivity contribution in [2.75, 3.05) is 13.1 Å². The zero-order valence-corrected chi connectivity index (χ0v) is 20.4. The lowest BCUT2D eigenvalue weighted by molar-refractivity contribution is -0.235. The number of pyridine rings is 1. The van der Waals surface area contributed by atoms with Gasteiger partial charge < -0.3 is 9.47 Å². The maximum atomic E-state index is 14.5. The van der Waals surface area contributed by atoms with Gasteiger partial charge in [0.15, 0.2) is 5.60 Å². The van der Waals surface area contributed by atoms with Gasteiger partial charge in [0.1, 0.15) is 22.3 Å². The van der Waals surface area contributed by atoms with Gasteiger partial charge in [0.25, 0.3) is 11.8 Å². The third-order valence-electron chi connectivity index (χ3n) is 4.69. The largest absolute Gasteiger partial charge is 0.461 e. The van der Waals surface area contributed by atoms with Crippen LogP contribution in [0.15, 0.2) is 24.4 Å². The molecule has 1 aromatic carbocycles. The van der Waals surface area contributed by atoms with E-state index in [1.807, 2.05) is 0 Å². The Morgan fingerprint density at radius 1 is 1.14 bits per heavy atom. The lowest BCUT2D eigenvalue weighted by atomic mass is 10.1. The number of carbonyl (C=O) groups excluding carboxylic acids is 1. The molecule has 3 rings (SSSR count). The van der Waals surface area contributed by atoms with Crippen LogP contribution in [0.2, 0.25) is 10.0 Å². The van der Waals surface area contributed by atoms with Crippen molar-refractivity contribution in [2.24, 2.45) is 0 Å². The number of nitrogens with one attached hydrogen (secondary N) is 1. The van der Waals surface area contributed by atoms with Crippen LogP contribution in [0.4, 0.5) is 26.3 Å². The number of hydrogen-bond donors (Lipinski definition) is 1. The number of ether oxygens (including phenoxy) is 2. The first kappa shape index (κ1) is 28.1. The van der Waals surface area contributed by atoms with Crippen LogP contribution in [-0.4, -0.2) is 54.4 Å². The van der Waals surface area contributed by atoms with Gasteiger partial charge in [0.2, 0.25) is 5.88 Å². The predicted octanol–water partition coefficient (Wildman–Crippen LogP) is 4.97. The number of amides is 1. The standard InChI is InChI=1S/C19H15Cl2F6N3O5S/c1-17(2,19(25,26)27)35-16-12(21)3-9(6-28-16)34-14-5-13(22)10(4-11(14)20)15(31)29-36(32,33)30-7-18(23,24)8-30/h3-6H,7-8H2,1-2H3,(H,29,31). The number of aromatic nitrogens is 1. The molecule has 0 atom stereocenters. The first-order valence-electron chi connectivity index (χ1n) is 9.59. The van der Waals surface area contributed by atoms with Gasteiger partial charge in [0, 0.05) is 12.1 Å². The van der Waals surface area contributed by atoms with Crippen LogP contribution in [0, 0.1) is 5.82 Å². The minimum atomic E-state index is -4.73. The van der Waals surface area contributed by atoms with Gasteiger partial charge in [-0.2, -0.15) is 25.9 Å². The summed E-state index contributed by atoms with van der Waals surface area (Å²) < 4.78 is 115. The SMILES string of the molecule is CC(C)(Oc1ncc(Oc2cc(F)c(C(=O)NS(=O)(=O)N3CC(F)(F)C3)cc2Cl)cc1Cl)C(F)(F)F. The Bertz CT molecular complexity index is 1300. The van der Waals surface area contributed by atoms with Gasteiger partial charge in [-0.15, -0.1) is 0 Å². The van der Waals surface area contributed by atoms with Crippen LogP contribution < -0.4 is 14.2 Å². The molecule has 1 amide bonds. The van der Waals surface area contributed by atoms with E-state index in [1.54, 1.807) is 0 Å². The summed E-state index contributed by atoms with van der Waals surface area (Å²) in [6.45, 7) is -0.751. The first-order chi connectivity index (χ1) is 16.3. The summed E-state index contributed by atoms with van der Waals surface area (Å²) in [5.74, 6) is -7.15. The fourth-order valence-corrected chi connectivity index (χ4v) is 4.21. The first-order valence-corrected chi connectivity index (χ1v) is 11.8. The molecular formula is C19H15Cl2F6N3O5S. The highest BCUT2D eigenvalue weighted by Gasteiger charge is 2.51. The maximum Gasteiger partial charge on any atom is 0.427 e. The summed E-state index contributed by atoms with van der Waals surface area (Å²) in [7, 11) is -4.65. The topological polar surface area (TPSA) is 97.8 Å². The molecule has 17 heteroatoms. The predicted molar refractivity (Wildman–Crippen MR) is 114 cm³/mol. The van der Waals surface area contributed by atoms with Gasteiger partial charge >= 0.3 is 16.4 Å². The molecule has 1 aliphatic heterocycles. The third kappa shape index (κ3) is 6.07. The highest BCUT2D eigenvalue weighted by molar-refractivity contribution is 7.87. The number of alkyl halides is 5. The van der Waals surface area contributed by atoms with Crippen LogP contribution in [0.25, 0.3) is 0 Å². The number of nitrogens with zero attached hydrogens (tertiary/aromatic N) is 2. The van der Waals surface area contributed by atoms with E-state index in [4.69, 9.17) is 32.7 Å². The average molecular weight is 582 g/mol. The number of rotatable bonds is 7. The van der Waals surface area contributed by atoms with Gasteiger partial charge in [-0.1, -0.05) is 23.2 Å². The molecule has 0 bridgehead atoms. The van der Waals surface area contributed by atoms with E-state index in [0.29, 0.717) is 10.4 Å². The number of carbonyl (C=O) groups is 1. The molecule has 198 valence electrons. The van der Waals surface area contributed by atoms with E-state index in [9.17, 15) is 39.6 Å². The molecular weight excluding hydrogens is 567 g/mol. The van der Waals surface area contributed by atoms with E-state index < -0.39 is 69.9 Å². The van der Waals surface area contributed by atoms with E-state index in [0.717, 1.165) is 32.2 Å². The van der Waals surface area contributed by atoms with Crippen molar-refractivity contribution in [3.8, 4) is 17.4 Å². The van der Waals surface area contributed by atoms with Crippen LogP contribution in [0.3, 0.4) is 0 Å². The zero-order chi connectivity index (χ0) is 27.3. The molecule has 1 N–H and O–H groups in total. The molecule has 1 saturated heterocycles. The lowest BCUT2D eigenvalue weighted by Crippen LogP contribution is -2.61. The van der Waals surface area contributed by atoms with E-state index in [1.165, 1.54) is 4.72 Å². The van der Waals surface area contributed by atoms with Crippen molar-refractivity contribution in [2.45, 2.75) is 31.5 Å². The number of halogens is 8. The summed E-state index contributed by atoms with van der Waals surface area (Å²) in [5.41, 5.74) is -3.45. The molecule has 2 heterocycles. The van der Waals surface area contributed by atoms with Gasteiger partial charge in [-0.05, 0) is 19.9 Å². The molecule has 1 aromatic heterocycles. The fraction of sp³-hybridized carbons (Fsp3) is 0.368. The Hall–Kier alpha value is -2.49. The van der Waals surface area contributed by atoms with Crippen molar-refractivity contribution in [1.82, 2.24) is 14.0 Å². The molecule has 1 aliphatic rings. The Balaban J connectivity index is 1.75. The van der Waals surface area contributed by atoms with Gasteiger partial charge in [0.05, 0.1) is 29.9 Å². The van der Waals surface area contributed by atoms with Crippen molar-refractivity contribution in [3.05, 3.63) is 45.8 Å². The molecule has 0 unspecified atom stereocenters. The Morgan fingerprint density at radius 2 is 1.75 bits per heavy atom. The van der Waals surface area contributed by atoms with E-state index in [2.05, 4.69) is 4.98 Å². The molecule has 0 spiro atoms. The van der Waals surface area contributed by atoms with Crippen molar-refractivity contribution in [1.29, 1.82) is 0 Å². The molecule has 2 aromatic rings. The maximum absolute atomic E-state index is 14.5. The monoisotopic (exact) mass is 581 g/mol. The number of hydrogen-bond acceptors (Lipinski definition) is 6. The van der Waals surface area contributed by atoms with Crippen molar-refractivity contribution in [3.63, 3.8) is 0 Å². The zero-order valence-electron chi connectivity index (χ0n) is 18.1. The van der Waals surface area contributed by atoms with Crippen molar-refractivity contribution >= 4 is 39.3 Å². The van der Waals surface area contributed by atoms with Crippen LogP contribution in [0.1, 0.15) is 24.2 Å². The van der Waals surface area contributed by atoms with E-state index in [-0.39, 0.29) is 15.8 Å². The van der Waals surface area contributed by atoms with Crippen LogP contribution in [0.5, 0.6) is 17.4 Å². The summed E-state index contributed by atoms with van der Waals surface area (Å²) >= 11 is 11.9. The average Bonchev–Trinajstić information content (AvgIpc) is 2.69. The van der Waals surface area contributed by atoms with Gasteiger partial charge in [-0.3, -0.25) is 4.79 Å². The smallest absolute Gasteiger partial charge is 0.427 e. The van der Waals surface area contributed by atoms with E-state index >= 15 is 0 Å². The van der Waals surface area contributed by atoms with Crippen LogP contribution >= 0.6 is 23.2 Å². The quantitative estimate of drug-likeness (QED) is 0.464. The van der Waals surface area contributed by atoms with Crippen molar-refractivity contribution < 1.29 is 49.0 Å². The molecule has 1 fully saturated rings. The van der Waals surface area contributed by atoms with Crippen LogP contribution in [-0.2, 0) is 10.2 Å². The third-order valence-corrected chi connectivity index (χ3v) is 6.64. The fourth-order valence-electron chi connectivity index (χ4n) is 2.62. The molecule has 0 aliphatic carbocycles. The molecule has 8 nitrogen and oxygen atoms in total. The van der Waals surface area contributed by atoms with Gasteiger partial charge in [-0.25, -0.2) is 22.9 Å². The highest BCUT2D eigenvalue weighted by atomic mass is 35.5. The second-order valence-corrected chi connectivity index (χ2v) is 10.5. The Labute approximate surface area is 210 Å². The second-order valence-electron chi connectivity index (χ2n) is 7.99. The molecule has 0 saturated carbocycles. The Kier molecular flexibility index (Phi) is 7.36. The molecule has 0 radical (unpaired) electrons. The minimum absolute atomic E-state index is 0.197. The Morgan fingerprint density at radius 3 is 2.28 bits per heavy atom. The summed E-state index contributed by atoms with van der Waals surface area (Å²) in [5, 5.41) is -0.761. The number of benzene rings is 1.